The third-order valence-corrected chi connectivity index (χ3v) is 5.54. The van der Waals surface area contributed by atoms with Crippen molar-refractivity contribution in [3.8, 4) is 0 Å². The average molecular weight is 422 g/mol. The Morgan fingerprint density at radius 2 is 1.41 bits per heavy atom. The molecule has 146 valence electrons. The number of aliphatic hydroxyl groups excluding tert-OH is 1. The SMILES string of the molecule is OC(CC(Nc1cccc(Cl)c1)c1ccc(Cl)cc1)c1ccc2ccccc2c1. The van der Waals surface area contributed by atoms with Crippen LogP contribution < -0.4 is 5.32 Å². The van der Waals surface area contributed by atoms with Crippen molar-refractivity contribution < 1.29 is 5.11 Å². The lowest BCUT2D eigenvalue weighted by molar-refractivity contribution is 0.161. The van der Waals surface area contributed by atoms with Gasteiger partial charge in [0.15, 0.2) is 0 Å². The van der Waals surface area contributed by atoms with Gasteiger partial charge in [0.25, 0.3) is 0 Å². The summed E-state index contributed by atoms with van der Waals surface area (Å²) in [6, 6.07) is 29.5. The van der Waals surface area contributed by atoms with E-state index in [1.807, 2.05) is 66.7 Å². The van der Waals surface area contributed by atoms with Crippen molar-refractivity contribution in [3.05, 3.63) is 112 Å². The lowest BCUT2D eigenvalue weighted by Gasteiger charge is -2.24. The van der Waals surface area contributed by atoms with E-state index >= 15 is 0 Å². The summed E-state index contributed by atoms with van der Waals surface area (Å²) in [4.78, 5) is 0. The first-order valence-electron chi connectivity index (χ1n) is 9.53. The molecule has 0 spiro atoms. The van der Waals surface area contributed by atoms with E-state index in [-0.39, 0.29) is 6.04 Å². The third-order valence-electron chi connectivity index (χ3n) is 5.06. The van der Waals surface area contributed by atoms with Crippen molar-refractivity contribution in [1.29, 1.82) is 0 Å². The number of rotatable bonds is 6. The number of benzene rings is 4. The summed E-state index contributed by atoms with van der Waals surface area (Å²) in [7, 11) is 0. The van der Waals surface area contributed by atoms with Crippen molar-refractivity contribution in [2.45, 2.75) is 18.6 Å². The van der Waals surface area contributed by atoms with Gasteiger partial charge in [-0.15, -0.1) is 0 Å². The van der Waals surface area contributed by atoms with Crippen LogP contribution >= 0.6 is 23.2 Å². The van der Waals surface area contributed by atoms with Crippen LogP contribution in [0.25, 0.3) is 10.8 Å². The maximum Gasteiger partial charge on any atom is 0.0813 e. The number of hydrogen-bond donors (Lipinski definition) is 2. The van der Waals surface area contributed by atoms with E-state index in [1.165, 1.54) is 0 Å². The van der Waals surface area contributed by atoms with Gasteiger partial charge in [-0.25, -0.2) is 0 Å². The zero-order valence-electron chi connectivity index (χ0n) is 15.7. The highest BCUT2D eigenvalue weighted by Gasteiger charge is 2.18. The molecule has 0 amide bonds. The van der Waals surface area contributed by atoms with Gasteiger partial charge in [-0.05, 0) is 58.3 Å². The molecule has 0 aliphatic heterocycles. The quantitative estimate of drug-likeness (QED) is 0.339. The van der Waals surface area contributed by atoms with Gasteiger partial charge >= 0.3 is 0 Å². The topological polar surface area (TPSA) is 32.3 Å². The Morgan fingerprint density at radius 3 is 2.17 bits per heavy atom. The van der Waals surface area contributed by atoms with Crippen molar-refractivity contribution in [1.82, 2.24) is 0 Å². The molecule has 2 atom stereocenters. The van der Waals surface area contributed by atoms with Crippen LogP contribution in [0.2, 0.25) is 10.0 Å². The molecule has 4 rings (SSSR count). The summed E-state index contributed by atoms with van der Waals surface area (Å²) < 4.78 is 0. The van der Waals surface area contributed by atoms with Gasteiger partial charge < -0.3 is 10.4 Å². The van der Waals surface area contributed by atoms with Crippen LogP contribution in [0.3, 0.4) is 0 Å². The fourth-order valence-electron chi connectivity index (χ4n) is 3.53. The summed E-state index contributed by atoms with van der Waals surface area (Å²) >= 11 is 12.2. The van der Waals surface area contributed by atoms with Crippen molar-refractivity contribution >= 4 is 39.7 Å². The number of aliphatic hydroxyl groups is 1. The lowest BCUT2D eigenvalue weighted by atomic mass is 9.95. The predicted molar refractivity (Wildman–Crippen MR) is 123 cm³/mol. The number of anilines is 1. The Labute approximate surface area is 180 Å². The van der Waals surface area contributed by atoms with Gasteiger partial charge in [0.05, 0.1) is 12.1 Å². The van der Waals surface area contributed by atoms with Gasteiger partial charge in [-0.3, -0.25) is 0 Å². The first-order valence-corrected chi connectivity index (χ1v) is 10.3. The minimum atomic E-state index is -0.619. The minimum Gasteiger partial charge on any atom is -0.388 e. The highest BCUT2D eigenvalue weighted by Crippen LogP contribution is 2.32. The van der Waals surface area contributed by atoms with Crippen LogP contribution in [0.5, 0.6) is 0 Å². The zero-order valence-corrected chi connectivity index (χ0v) is 17.2. The largest absolute Gasteiger partial charge is 0.388 e. The molecule has 0 saturated heterocycles. The fraction of sp³-hybridized carbons (Fsp3) is 0.120. The molecule has 0 aliphatic carbocycles. The molecule has 0 aromatic heterocycles. The Bertz CT molecular complexity index is 1110. The predicted octanol–water partition coefficient (Wildman–Crippen LogP) is 7.42. The number of nitrogens with one attached hydrogen (secondary N) is 1. The maximum absolute atomic E-state index is 11.0. The standard InChI is InChI=1S/C25H21Cl2NO/c26-21-12-10-18(11-13-21)24(28-23-7-3-6-22(27)15-23)16-25(29)20-9-8-17-4-1-2-5-19(17)14-20/h1-15,24-25,28-29H,16H2. The fourth-order valence-corrected chi connectivity index (χ4v) is 3.84. The maximum atomic E-state index is 11.0. The molecule has 0 heterocycles. The van der Waals surface area contributed by atoms with E-state index in [0.717, 1.165) is 27.6 Å². The highest BCUT2D eigenvalue weighted by atomic mass is 35.5. The monoisotopic (exact) mass is 421 g/mol. The van der Waals surface area contributed by atoms with Gasteiger partial charge in [0.2, 0.25) is 0 Å². The first-order chi connectivity index (χ1) is 14.1. The van der Waals surface area contributed by atoms with E-state index in [2.05, 4.69) is 29.6 Å². The first kappa shape index (κ1) is 19.8. The van der Waals surface area contributed by atoms with Crippen LogP contribution in [0, 0.1) is 0 Å². The molecule has 0 saturated carbocycles. The molecule has 4 aromatic carbocycles. The van der Waals surface area contributed by atoms with E-state index in [1.54, 1.807) is 0 Å². The molecule has 0 fully saturated rings. The Balaban J connectivity index is 1.61. The smallest absolute Gasteiger partial charge is 0.0813 e. The molecule has 2 N–H and O–H groups in total. The summed E-state index contributed by atoms with van der Waals surface area (Å²) in [5.74, 6) is 0. The molecular formula is C25H21Cl2NO. The highest BCUT2D eigenvalue weighted by molar-refractivity contribution is 6.31. The van der Waals surface area contributed by atoms with Crippen LogP contribution in [0.15, 0.2) is 91.0 Å². The molecule has 2 nitrogen and oxygen atoms in total. The number of halogens is 2. The van der Waals surface area contributed by atoms with E-state index in [9.17, 15) is 5.11 Å². The van der Waals surface area contributed by atoms with E-state index in [4.69, 9.17) is 23.2 Å². The Kier molecular flexibility index (Phi) is 6.05. The van der Waals surface area contributed by atoms with Gasteiger partial charge in [-0.1, -0.05) is 77.8 Å². The minimum absolute atomic E-state index is 0.104. The van der Waals surface area contributed by atoms with Crippen LogP contribution in [-0.2, 0) is 0 Å². The summed E-state index contributed by atoms with van der Waals surface area (Å²) in [6.45, 7) is 0. The summed E-state index contributed by atoms with van der Waals surface area (Å²) in [5.41, 5.74) is 2.85. The molecule has 0 bridgehead atoms. The molecule has 4 aromatic rings. The van der Waals surface area contributed by atoms with E-state index < -0.39 is 6.10 Å². The zero-order chi connectivity index (χ0) is 20.2. The van der Waals surface area contributed by atoms with Crippen molar-refractivity contribution in [3.63, 3.8) is 0 Å². The van der Waals surface area contributed by atoms with Crippen LogP contribution in [-0.4, -0.2) is 5.11 Å². The third kappa shape index (κ3) is 4.91. The van der Waals surface area contributed by atoms with E-state index in [0.29, 0.717) is 16.5 Å². The number of hydrogen-bond acceptors (Lipinski definition) is 2. The second kappa shape index (κ2) is 8.87. The summed E-state index contributed by atoms with van der Waals surface area (Å²) in [5, 5.41) is 18.1. The molecule has 0 aliphatic rings. The molecule has 4 heteroatoms. The number of fused-ring (bicyclic) bond motifs is 1. The Hall–Kier alpha value is -2.52. The molecule has 0 radical (unpaired) electrons. The normalized spacial score (nSPS) is 13.2. The van der Waals surface area contributed by atoms with Crippen molar-refractivity contribution in [2.75, 3.05) is 5.32 Å². The molecule has 29 heavy (non-hydrogen) atoms. The molecule has 2 unspecified atom stereocenters. The van der Waals surface area contributed by atoms with Gasteiger partial charge in [-0.2, -0.15) is 0 Å². The second-order valence-electron chi connectivity index (χ2n) is 7.12. The van der Waals surface area contributed by atoms with Gasteiger partial charge in [0.1, 0.15) is 0 Å². The van der Waals surface area contributed by atoms with Crippen LogP contribution in [0.1, 0.15) is 29.7 Å². The lowest BCUT2D eigenvalue weighted by Crippen LogP contribution is -2.15. The van der Waals surface area contributed by atoms with Crippen molar-refractivity contribution in [2.24, 2.45) is 0 Å². The molecular weight excluding hydrogens is 401 g/mol. The van der Waals surface area contributed by atoms with Gasteiger partial charge in [0, 0.05) is 22.2 Å². The second-order valence-corrected chi connectivity index (χ2v) is 7.99. The summed E-state index contributed by atoms with van der Waals surface area (Å²) in [6.07, 6.45) is -0.112. The average Bonchev–Trinajstić information content (AvgIpc) is 2.73. The Morgan fingerprint density at radius 1 is 0.690 bits per heavy atom. The van der Waals surface area contributed by atoms with Crippen LogP contribution in [0.4, 0.5) is 5.69 Å².